The minimum Gasteiger partial charge on any atom is -0.480 e. The lowest BCUT2D eigenvalue weighted by Gasteiger charge is -2.37. The molecule has 1 fully saturated rings. The van der Waals surface area contributed by atoms with Crippen LogP contribution in [0.2, 0.25) is 0 Å². The quantitative estimate of drug-likeness (QED) is 0.897. The van der Waals surface area contributed by atoms with Gasteiger partial charge in [-0.05, 0) is 31.4 Å². The zero-order valence-electron chi connectivity index (χ0n) is 10.5. The second kappa shape index (κ2) is 5.48. The number of benzene rings is 1. The Morgan fingerprint density at radius 3 is 2.89 bits per heavy atom. The number of halogens is 1. The fourth-order valence-corrected chi connectivity index (χ4v) is 2.70. The fraction of sp³-hybridized carbons (Fsp3) is 0.500. The molecular weight excluding hydrogens is 233 g/mol. The first kappa shape index (κ1) is 13.0. The molecule has 98 valence electrons. The molecular formula is C14H18FNO2. The number of carboxylic acid groups (broad SMARTS) is 1. The lowest BCUT2D eigenvalue weighted by Crippen LogP contribution is -2.48. The van der Waals surface area contributed by atoms with Crippen molar-refractivity contribution in [3.8, 4) is 0 Å². The van der Waals surface area contributed by atoms with Crippen molar-refractivity contribution in [2.45, 2.75) is 32.4 Å². The highest BCUT2D eigenvalue weighted by atomic mass is 19.1. The molecule has 1 N–H and O–H groups in total. The zero-order chi connectivity index (χ0) is 13.1. The Morgan fingerprint density at radius 1 is 1.50 bits per heavy atom. The van der Waals surface area contributed by atoms with Gasteiger partial charge in [0, 0.05) is 12.1 Å². The van der Waals surface area contributed by atoms with Crippen molar-refractivity contribution in [3.63, 3.8) is 0 Å². The standard InChI is InChI=1S/C14H18FNO2/c1-10-5-4-8-16(13(10)14(17)18)9-11-6-2-3-7-12(11)15/h2-3,6-7,10,13H,4-5,8-9H2,1H3,(H,17,18). The lowest BCUT2D eigenvalue weighted by molar-refractivity contribution is -0.147. The average Bonchev–Trinajstić information content (AvgIpc) is 2.31. The molecule has 0 radical (unpaired) electrons. The van der Waals surface area contributed by atoms with Crippen LogP contribution >= 0.6 is 0 Å². The van der Waals surface area contributed by atoms with Gasteiger partial charge in [-0.2, -0.15) is 0 Å². The van der Waals surface area contributed by atoms with E-state index >= 15 is 0 Å². The summed E-state index contributed by atoms with van der Waals surface area (Å²) in [5, 5.41) is 9.29. The van der Waals surface area contributed by atoms with Crippen molar-refractivity contribution in [2.24, 2.45) is 5.92 Å². The highest BCUT2D eigenvalue weighted by Crippen LogP contribution is 2.25. The maximum atomic E-state index is 13.6. The second-order valence-corrected chi connectivity index (χ2v) is 4.96. The SMILES string of the molecule is CC1CCCN(Cc2ccccc2F)C1C(=O)O. The van der Waals surface area contributed by atoms with E-state index in [9.17, 15) is 14.3 Å². The molecule has 1 saturated heterocycles. The van der Waals surface area contributed by atoms with E-state index < -0.39 is 12.0 Å². The Balaban J connectivity index is 2.16. The van der Waals surface area contributed by atoms with Crippen LogP contribution in [0.1, 0.15) is 25.3 Å². The molecule has 0 aliphatic carbocycles. The van der Waals surface area contributed by atoms with Gasteiger partial charge in [0.05, 0.1) is 0 Å². The van der Waals surface area contributed by atoms with E-state index in [0.717, 1.165) is 19.4 Å². The molecule has 0 aromatic heterocycles. The molecule has 0 saturated carbocycles. The molecule has 2 rings (SSSR count). The van der Waals surface area contributed by atoms with Crippen LogP contribution in [0.4, 0.5) is 4.39 Å². The molecule has 2 atom stereocenters. The number of nitrogens with zero attached hydrogens (tertiary/aromatic N) is 1. The summed E-state index contributed by atoms with van der Waals surface area (Å²) < 4.78 is 13.6. The highest BCUT2D eigenvalue weighted by Gasteiger charge is 2.34. The normalized spacial score (nSPS) is 25.0. The van der Waals surface area contributed by atoms with Gasteiger partial charge in [-0.1, -0.05) is 25.1 Å². The molecule has 1 heterocycles. The summed E-state index contributed by atoms with van der Waals surface area (Å²) in [6.07, 6.45) is 1.89. The van der Waals surface area contributed by atoms with Crippen LogP contribution in [0.3, 0.4) is 0 Å². The van der Waals surface area contributed by atoms with E-state index in [1.165, 1.54) is 6.07 Å². The van der Waals surface area contributed by atoms with Crippen LogP contribution in [0, 0.1) is 11.7 Å². The number of hydrogen-bond acceptors (Lipinski definition) is 2. The number of carbonyl (C=O) groups is 1. The Hall–Kier alpha value is -1.42. The monoisotopic (exact) mass is 251 g/mol. The van der Waals surface area contributed by atoms with Crippen LogP contribution in [-0.2, 0) is 11.3 Å². The van der Waals surface area contributed by atoms with Crippen LogP contribution in [0.15, 0.2) is 24.3 Å². The Kier molecular flexibility index (Phi) is 3.97. The Bertz CT molecular complexity index is 436. The third-order valence-electron chi connectivity index (χ3n) is 3.62. The van der Waals surface area contributed by atoms with Gasteiger partial charge >= 0.3 is 5.97 Å². The van der Waals surface area contributed by atoms with E-state index in [2.05, 4.69) is 0 Å². The summed E-state index contributed by atoms with van der Waals surface area (Å²) in [6.45, 7) is 3.04. The van der Waals surface area contributed by atoms with E-state index in [1.54, 1.807) is 18.2 Å². The lowest BCUT2D eigenvalue weighted by atomic mass is 9.90. The molecule has 0 spiro atoms. The van der Waals surface area contributed by atoms with Crippen LogP contribution in [0.5, 0.6) is 0 Å². The molecule has 2 unspecified atom stereocenters. The zero-order valence-corrected chi connectivity index (χ0v) is 10.5. The number of likely N-dealkylation sites (tertiary alicyclic amines) is 1. The van der Waals surface area contributed by atoms with Crippen molar-refractivity contribution in [1.82, 2.24) is 4.90 Å². The Morgan fingerprint density at radius 2 is 2.22 bits per heavy atom. The second-order valence-electron chi connectivity index (χ2n) is 4.96. The third-order valence-corrected chi connectivity index (χ3v) is 3.62. The molecule has 1 aromatic rings. The molecule has 3 nitrogen and oxygen atoms in total. The summed E-state index contributed by atoms with van der Waals surface area (Å²) in [5.74, 6) is -0.957. The highest BCUT2D eigenvalue weighted by molar-refractivity contribution is 5.74. The summed E-state index contributed by atoms with van der Waals surface area (Å²) in [6, 6.07) is 6.05. The van der Waals surface area contributed by atoms with Crippen molar-refractivity contribution < 1.29 is 14.3 Å². The number of hydrogen-bond donors (Lipinski definition) is 1. The summed E-state index contributed by atoms with van der Waals surface area (Å²) >= 11 is 0. The summed E-state index contributed by atoms with van der Waals surface area (Å²) in [5.41, 5.74) is 0.567. The van der Waals surface area contributed by atoms with Crippen molar-refractivity contribution in [1.29, 1.82) is 0 Å². The van der Waals surface area contributed by atoms with E-state index in [-0.39, 0.29) is 11.7 Å². The van der Waals surface area contributed by atoms with Gasteiger partial charge in [-0.15, -0.1) is 0 Å². The first-order chi connectivity index (χ1) is 8.59. The first-order valence-electron chi connectivity index (χ1n) is 6.30. The predicted octanol–water partition coefficient (Wildman–Crippen LogP) is 2.51. The van der Waals surface area contributed by atoms with Crippen LogP contribution in [0.25, 0.3) is 0 Å². The first-order valence-corrected chi connectivity index (χ1v) is 6.30. The largest absolute Gasteiger partial charge is 0.480 e. The number of carboxylic acids is 1. The smallest absolute Gasteiger partial charge is 0.321 e. The molecule has 0 bridgehead atoms. The number of piperidine rings is 1. The van der Waals surface area contributed by atoms with E-state index in [4.69, 9.17) is 0 Å². The van der Waals surface area contributed by atoms with Gasteiger partial charge in [-0.3, -0.25) is 9.69 Å². The maximum absolute atomic E-state index is 13.6. The molecule has 18 heavy (non-hydrogen) atoms. The van der Waals surface area contributed by atoms with E-state index in [0.29, 0.717) is 12.1 Å². The topological polar surface area (TPSA) is 40.5 Å². The van der Waals surface area contributed by atoms with Gasteiger partial charge < -0.3 is 5.11 Å². The van der Waals surface area contributed by atoms with Crippen LogP contribution < -0.4 is 0 Å². The van der Waals surface area contributed by atoms with Gasteiger partial charge in [0.1, 0.15) is 11.9 Å². The van der Waals surface area contributed by atoms with Gasteiger partial charge in [0.15, 0.2) is 0 Å². The minimum absolute atomic E-state index is 0.114. The molecule has 1 aliphatic rings. The maximum Gasteiger partial charge on any atom is 0.321 e. The molecule has 0 amide bonds. The fourth-order valence-electron chi connectivity index (χ4n) is 2.70. The van der Waals surface area contributed by atoms with Crippen LogP contribution in [-0.4, -0.2) is 28.6 Å². The summed E-state index contributed by atoms with van der Waals surface area (Å²) in [7, 11) is 0. The predicted molar refractivity (Wildman–Crippen MR) is 66.6 cm³/mol. The molecule has 1 aliphatic heterocycles. The average molecular weight is 251 g/mol. The van der Waals surface area contributed by atoms with E-state index in [1.807, 2.05) is 11.8 Å². The van der Waals surface area contributed by atoms with Gasteiger partial charge in [0.2, 0.25) is 0 Å². The van der Waals surface area contributed by atoms with Crippen molar-refractivity contribution >= 4 is 5.97 Å². The molecule has 1 aromatic carbocycles. The number of aliphatic carboxylic acids is 1. The van der Waals surface area contributed by atoms with Gasteiger partial charge in [-0.25, -0.2) is 4.39 Å². The van der Waals surface area contributed by atoms with Crippen molar-refractivity contribution in [2.75, 3.05) is 6.54 Å². The van der Waals surface area contributed by atoms with Gasteiger partial charge in [0.25, 0.3) is 0 Å². The summed E-state index contributed by atoms with van der Waals surface area (Å²) in [4.78, 5) is 13.2. The Labute approximate surface area is 106 Å². The minimum atomic E-state index is -0.807. The third kappa shape index (κ3) is 2.70. The number of rotatable bonds is 3. The molecule has 4 heteroatoms. The van der Waals surface area contributed by atoms with Crippen molar-refractivity contribution in [3.05, 3.63) is 35.6 Å².